The quantitative estimate of drug-likeness (QED) is 0.183. The van der Waals surface area contributed by atoms with E-state index in [9.17, 15) is 0 Å². The third kappa shape index (κ3) is 3.49. The highest BCUT2D eigenvalue weighted by Gasteiger charge is 2.28. The minimum absolute atomic E-state index is 0.660. The number of benzene rings is 8. The molecule has 8 aromatic carbocycles. The van der Waals surface area contributed by atoms with Gasteiger partial charge < -0.3 is 0 Å². The van der Waals surface area contributed by atoms with Gasteiger partial charge in [0.05, 0.1) is 16.8 Å². The van der Waals surface area contributed by atoms with Crippen LogP contribution in [0.5, 0.6) is 0 Å². The van der Waals surface area contributed by atoms with Crippen LogP contribution in [-0.2, 0) is 0 Å². The first-order valence-corrected chi connectivity index (χ1v) is 16.2. The van der Waals surface area contributed by atoms with Crippen LogP contribution < -0.4 is 0 Å². The molecule has 2 aromatic heterocycles. The Morgan fingerprint density at radius 1 is 0.312 bits per heavy atom. The summed E-state index contributed by atoms with van der Waals surface area (Å²) in [5.41, 5.74) is 6.52. The number of hydrogen-bond donors (Lipinski definition) is 0. The number of nitrogens with zero attached hydrogens (tertiary/aromatic N) is 4. The molecule has 4 nitrogen and oxygen atoms in total. The lowest BCUT2D eigenvalue weighted by Gasteiger charge is -2.12. The van der Waals surface area contributed by atoms with Gasteiger partial charge in [-0.1, -0.05) is 140 Å². The summed E-state index contributed by atoms with van der Waals surface area (Å²) in [7, 11) is 0. The van der Waals surface area contributed by atoms with E-state index in [2.05, 4.69) is 146 Å². The molecule has 0 saturated carbocycles. The van der Waals surface area contributed by atoms with Crippen molar-refractivity contribution in [1.29, 1.82) is 0 Å². The Kier molecular flexibility index (Phi) is 5.08. The molecule has 0 unspecified atom stereocenters. The zero-order chi connectivity index (χ0) is 31.3. The maximum absolute atomic E-state index is 5.23. The lowest BCUT2D eigenvalue weighted by Crippen LogP contribution is -1.99. The van der Waals surface area contributed by atoms with Crippen LogP contribution in [0.25, 0.3) is 110 Å². The first-order valence-electron chi connectivity index (χ1n) is 16.2. The Bertz CT molecular complexity index is 2980. The molecule has 4 heteroatoms. The van der Waals surface area contributed by atoms with E-state index in [1.165, 1.54) is 48.5 Å². The van der Waals surface area contributed by atoms with Crippen LogP contribution in [0.4, 0.5) is 0 Å². The van der Waals surface area contributed by atoms with Gasteiger partial charge in [0.2, 0.25) is 0 Å². The minimum Gasteiger partial charge on any atom is -0.227 e. The maximum Gasteiger partial charge on any atom is 0.168 e. The summed E-state index contributed by atoms with van der Waals surface area (Å²) in [6.45, 7) is 0. The zero-order valence-electron chi connectivity index (χ0n) is 25.6. The smallest absolute Gasteiger partial charge is 0.168 e. The van der Waals surface area contributed by atoms with E-state index in [1.54, 1.807) is 0 Å². The second kappa shape index (κ2) is 9.50. The second-order valence-electron chi connectivity index (χ2n) is 12.6. The predicted octanol–water partition coefficient (Wildman–Crippen LogP) is 11.2. The standard InChI is InChI=1S/C44H24N4/c1-2-11-27-25(10-1)20-22-33-28(27)18-9-19-37(33)43-46-41-36-17-8-7-16-35(36)40-39(41)44(48-43)47-42(45-40)26-21-23-34-31-14-4-3-12-29(31)30-13-5-6-15-32(30)38(34)24-26/h1-24H. The van der Waals surface area contributed by atoms with Gasteiger partial charge in [0, 0.05) is 22.3 Å². The number of aromatic nitrogens is 4. The van der Waals surface area contributed by atoms with E-state index in [0.717, 1.165) is 44.4 Å². The van der Waals surface area contributed by atoms with Crippen molar-refractivity contribution in [3.05, 3.63) is 146 Å². The van der Waals surface area contributed by atoms with E-state index in [0.29, 0.717) is 17.3 Å². The van der Waals surface area contributed by atoms with E-state index in [4.69, 9.17) is 19.9 Å². The SMILES string of the molecule is c1ccc2c(c1)-c1nc(-c3ccc4c5ccccc5c5ccccc5c4c3)nc3nc(-c4cccc5c4ccc4ccccc45)nc-2c13. The highest BCUT2D eigenvalue weighted by atomic mass is 15.0. The van der Waals surface area contributed by atoms with Crippen molar-refractivity contribution in [3.63, 3.8) is 0 Å². The molecule has 0 fully saturated rings. The van der Waals surface area contributed by atoms with Crippen molar-refractivity contribution < 1.29 is 0 Å². The maximum atomic E-state index is 5.23. The molecule has 0 spiro atoms. The van der Waals surface area contributed by atoms with Gasteiger partial charge in [0.25, 0.3) is 0 Å². The van der Waals surface area contributed by atoms with Crippen LogP contribution >= 0.6 is 0 Å². The molecule has 2 heterocycles. The molecule has 10 aromatic rings. The molecule has 48 heavy (non-hydrogen) atoms. The van der Waals surface area contributed by atoms with Crippen molar-refractivity contribution in [3.8, 4) is 45.3 Å². The topological polar surface area (TPSA) is 51.6 Å². The lowest BCUT2D eigenvalue weighted by atomic mass is 9.93. The predicted molar refractivity (Wildman–Crippen MR) is 198 cm³/mol. The molecule has 0 radical (unpaired) electrons. The minimum atomic E-state index is 0.660. The fourth-order valence-corrected chi connectivity index (χ4v) is 7.85. The van der Waals surface area contributed by atoms with Gasteiger partial charge in [-0.2, -0.15) is 0 Å². The van der Waals surface area contributed by atoms with Crippen molar-refractivity contribution >= 4 is 64.9 Å². The zero-order valence-corrected chi connectivity index (χ0v) is 25.6. The number of rotatable bonds is 2. The molecule has 0 saturated heterocycles. The molecule has 0 bridgehead atoms. The number of fused-ring (bicyclic) bond motifs is 12. The Hall–Kier alpha value is -6.52. The summed E-state index contributed by atoms with van der Waals surface area (Å²) in [5.74, 6) is 1.33. The number of hydrogen-bond acceptors (Lipinski definition) is 4. The summed E-state index contributed by atoms with van der Waals surface area (Å²) in [4.78, 5) is 20.8. The third-order valence-electron chi connectivity index (χ3n) is 10.0. The average molecular weight is 609 g/mol. The third-order valence-corrected chi connectivity index (χ3v) is 10.0. The van der Waals surface area contributed by atoms with Crippen molar-refractivity contribution in [2.75, 3.05) is 0 Å². The van der Waals surface area contributed by atoms with Gasteiger partial charge >= 0.3 is 0 Å². The summed E-state index contributed by atoms with van der Waals surface area (Å²) >= 11 is 0. The van der Waals surface area contributed by atoms with Crippen molar-refractivity contribution in [1.82, 2.24) is 19.9 Å². The van der Waals surface area contributed by atoms with Gasteiger partial charge in [-0.05, 0) is 59.9 Å². The molecule has 1 aliphatic carbocycles. The largest absolute Gasteiger partial charge is 0.227 e. The fourth-order valence-electron chi connectivity index (χ4n) is 7.85. The van der Waals surface area contributed by atoms with Crippen molar-refractivity contribution in [2.45, 2.75) is 0 Å². The van der Waals surface area contributed by atoms with Crippen LogP contribution in [0.2, 0.25) is 0 Å². The van der Waals surface area contributed by atoms with Gasteiger partial charge in [0.1, 0.15) is 0 Å². The van der Waals surface area contributed by atoms with Crippen LogP contribution in [0.15, 0.2) is 146 Å². The Morgan fingerprint density at radius 2 is 0.812 bits per heavy atom. The first kappa shape index (κ1) is 25.6. The Balaban J connectivity index is 1.19. The highest BCUT2D eigenvalue weighted by Crippen LogP contribution is 2.46. The van der Waals surface area contributed by atoms with E-state index < -0.39 is 0 Å². The molecular formula is C44H24N4. The van der Waals surface area contributed by atoms with Gasteiger partial charge in [0.15, 0.2) is 17.3 Å². The molecule has 0 amide bonds. The van der Waals surface area contributed by atoms with Gasteiger partial charge in [-0.15, -0.1) is 0 Å². The second-order valence-corrected chi connectivity index (χ2v) is 12.6. The van der Waals surface area contributed by atoms with E-state index in [-0.39, 0.29) is 0 Å². The Morgan fingerprint density at radius 3 is 1.54 bits per heavy atom. The van der Waals surface area contributed by atoms with Crippen LogP contribution in [0, 0.1) is 0 Å². The molecule has 11 rings (SSSR count). The van der Waals surface area contributed by atoms with E-state index >= 15 is 0 Å². The lowest BCUT2D eigenvalue weighted by molar-refractivity contribution is 1.16. The normalized spacial score (nSPS) is 12.2. The molecule has 220 valence electrons. The highest BCUT2D eigenvalue weighted by molar-refractivity contribution is 6.25. The van der Waals surface area contributed by atoms with Crippen molar-refractivity contribution in [2.24, 2.45) is 0 Å². The van der Waals surface area contributed by atoms with Crippen LogP contribution in [0.3, 0.4) is 0 Å². The fraction of sp³-hybridized carbons (Fsp3) is 0. The average Bonchev–Trinajstić information content (AvgIpc) is 3.48. The molecular weight excluding hydrogens is 585 g/mol. The molecule has 0 N–H and O–H groups in total. The van der Waals surface area contributed by atoms with Crippen LogP contribution in [-0.4, -0.2) is 19.9 Å². The summed E-state index contributed by atoms with van der Waals surface area (Å²) in [6, 6.07) is 51.6. The first-order chi connectivity index (χ1) is 23.8. The molecule has 0 atom stereocenters. The summed E-state index contributed by atoms with van der Waals surface area (Å²) < 4.78 is 0. The van der Waals surface area contributed by atoms with Crippen LogP contribution in [0.1, 0.15) is 0 Å². The molecule has 0 aliphatic heterocycles. The summed E-state index contributed by atoms with van der Waals surface area (Å²) in [5, 5.41) is 13.0. The summed E-state index contributed by atoms with van der Waals surface area (Å²) in [6.07, 6.45) is 0. The van der Waals surface area contributed by atoms with E-state index in [1.807, 2.05) is 0 Å². The molecule has 1 aliphatic rings. The van der Waals surface area contributed by atoms with Gasteiger partial charge in [-0.25, -0.2) is 19.9 Å². The monoisotopic (exact) mass is 608 g/mol. The Labute approximate surface area is 275 Å². The van der Waals surface area contributed by atoms with Gasteiger partial charge in [-0.3, -0.25) is 0 Å².